The van der Waals surface area contributed by atoms with E-state index >= 15 is 0 Å². The molecular weight excluding hydrogens is 238 g/mol. The highest BCUT2D eigenvalue weighted by Gasteiger charge is 2.53. The summed E-state index contributed by atoms with van der Waals surface area (Å²) in [4.78, 5) is 0. The Morgan fingerprint density at radius 1 is 1.05 bits per heavy atom. The van der Waals surface area contributed by atoms with Gasteiger partial charge < -0.3 is 15.2 Å². The Bertz CT molecular complexity index is 249. The minimum absolute atomic E-state index is 0.305. The van der Waals surface area contributed by atoms with Crippen LogP contribution in [0, 0.1) is 5.41 Å². The van der Waals surface area contributed by atoms with Crippen LogP contribution in [0.15, 0.2) is 0 Å². The Labute approximate surface area is 118 Å². The predicted molar refractivity (Wildman–Crippen MR) is 78.2 cm³/mol. The second-order valence-electron chi connectivity index (χ2n) is 6.31. The summed E-state index contributed by atoms with van der Waals surface area (Å²) in [6.07, 6.45) is 11.8. The van der Waals surface area contributed by atoms with E-state index in [1.807, 2.05) is 0 Å². The van der Waals surface area contributed by atoms with E-state index in [1.54, 1.807) is 0 Å². The Morgan fingerprint density at radius 3 is 2.42 bits per heavy atom. The predicted octanol–water partition coefficient (Wildman–Crippen LogP) is 3.26. The van der Waals surface area contributed by atoms with Crippen LogP contribution in [0.4, 0.5) is 0 Å². The molecule has 19 heavy (non-hydrogen) atoms. The molecule has 2 N–H and O–H groups in total. The van der Waals surface area contributed by atoms with Crippen molar-refractivity contribution in [2.24, 2.45) is 11.1 Å². The van der Waals surface area contributed by atoms with Crippen molar-refractivity contribution < 1.29 is 9.47 Å². The molecule has 0 aromatic rings. The van der Waals surface area contributed by atoms with Crippen LogP contribution in [-0.4, -0.2) is 32.0 Å². The first-order valence-electron chi connectivity index (χ1n) is 8.24. The van der Waals surface area contributed by atoms with E-state index in [-0.39, 0.29) is 0 Å². The van der Waals surface area contributed by atoms with E-state index in [0.717, 1.165) is 32.7 Å². The number of hydrogen-bond acceptors (Lipinski definition) is 3. The molecule has 0 saturated heterocycles. The fourth-order valence-corrected chi connectivity index (χ4v) is 3.69. The van der Waals surface area contributed by atoms with Crippen LogP contribution in [0.5, 0.6) is 0 Å². The first-order valence-corrected chi connectivity index (χ1v) is 8.24. The van der Waals surface area contributed by atoms with Crippen LogP contribution in [0.2, 0.25) is 0 Å². The summed E-state index contributed by atoms with van der Waals surface area (Å²) in [5.41, 5.74) is 6.61. The van der Waals surface area contributed by atoms with Gasteiger partial charge in [0, 0.05) is 18.1 Å². The minimum Gasteiger partial charge on any atom is -0.379 e. The summed E-state index contributed by atoms with van der Waals surface area (Å²) in [7, 11) is 0. The van der Waals surface area contributed by atoms with Gasteiger partial charge in [0.05, 0.1) is 19.3 Å². The number of nitrogens with two attached hydrogens (primary N) is 1. The van der Waals surface area contributed by atoms with E-state index in [9.17, 15) is 0 Å². The molecule has 2 rings (SSSR count). The molecule has 2 aliphatic rings. The van der Waals surface area contributed by atoms with E-state index in [4.69, 9.17) is 15.2 Å². The largest absolute Gasteiger partial charge is 0.379 e. The molecule has 3 heteroatoms. The third-order valence-corrected chi connectivity index (χ3v) is 5.07. The SMILES string of the molecule is CCCCOCCOC1CC(N)C12CCCCCC2. The van der Waals surface area contributed by atoms with Crippen LogP contribution in [0.25, 0.3) is 0 Å². The number of unbranched alkanes of at least 4 members (excludes halogenated alkanes) is 1. The summed E-state index contributed by atoms with van der Waals surface area (Å²) in [6.45, 7) is 4.53. The van der Waals surface area contributed by atoms with Crippen LogP contribution in [-0.2, 0) is 9.47 Å². The quantitative estimate of drug-likeness (QED) is 0.721. The van der Waals surface area contributed by atoms with E-state index in [1.165, 1.54) is 44.9 Å². The Kier molecular flexibility index (Phi) is 6.11. The number of rotatable bonds is 7. The Morgan fingerprint density at radius 2 is 1.79 bits per heavy atom. The van der Waals surface area contributed by atoms with E-state index < -0.39 is 0 Å². The van der Waals surface area contributed by atoms with Crippen molar-refractivity contribution >= 4 is 0 Å². The van der Waals surface area contributed by atoms with Crippen molar-refractivity contribution in [2.75, 3.05) is 19.8 Å². The van der Waals surface area contributed by atoms with Crippen molar-refractivity contribution in [3.8, 4) is 0 Å². The molecule has 2 fully saturated rings. The molecule has 0 aromatic carbocycles. The molecule has 1 spiro atoms. The van der Waals surface area contributed by atoms with Gasteiger partial charge in [0.15, 0.2) is 0 Å². The van der Waals surface area contributed by atoms with Gasteiger partial charge in [-0.25, -0.2) is 0 Å². The average Bonchev–Trinajstić information content (AvgIpc) is 2.69. The molecule has 0 amide bonds. The smallest absolute Gasteiger partial charge is 0.0704 e. The molecular formula is C16H31NO2. The maximum Gasteiger partial charge on any atom is 0.0704 e. The lowest BCUT2D eigenvalue weighted by Gasteiger charge is -2.54. The minimum atomic E-state index is 0.305. The van der Waals surface area contributed by atoms with Gasteiger partial charge >= 0.3 is 0 Å². The van der Waals surface area contributed by atoms with Gasteiger partial charge in [-0.1, -0.05) is 39.0 Å². The summed E-state index contributed by atoms with van der Waals surface area (Å²) in [5, 5.41) is 0. The number of ether oxygens (including phenoxy) is 2. The first-order chi connectivity index (χ1) is 9.29. The van der Waals surface area contributed by atoms with Gasteiger partial charge in [0.2, 0.25) is 0 Å². The zero-order valence-electron chi connectivity index (χ0n) is 12.5. The molecule has 0 heterocycles. The summed E-state index contributed by atoms with van der Waals surface area (Å²) < 4.78 is 11.6. The topological polar surface area (TPSA) is 44.5 Å². The van der Waals surface area contributed by atoms with E-state index in [0.29, 0.717) is 17.6 Å². The Hall–Kier alpha value is -0.120. The molecule has 2 saturated carbocycles. The second-order valence-corrected chi connectivity index (χ2v) is 6.31. The molecule has 2 atom stereocenters. The molecule has 0 bridgehead atoms. The zero-order valence-corrected chi connectivity index (χ0v) is 12.5. The molecule has 3 nitrogen and oxygen atoms in total. The third kappa shape index (κ3) is 3.71. The van der Waals surface area contributed by atoms with Crippen LogP contribution >= 0.6 is 0 Å². The summed E-state index contributed by atoms with van der Waals surface area (Å²) >= 11 is 0. The van der Waals surface area contributed by atoms with Crippen molar-refractivity contribution in [1.82, 2.24) is 0 Å². The molecule has 0 radical (unpaired) electrons. The van der Waals surface area contributed by atoms with Crippen LogP contribution in [0.1, 0.15) is 64.7 Å². The highest BCUT2D eigenvalue weighted by atomic mass is 16.5. The van der Waals surface area contributed by atoms with Gasteiger partial charge in [0.1, 0.15) is 0 Å². The normalized spacial score (nSPS) is 30.0. The van der Waals surface area contributed by atoms with E-state index in [2.05, 4.69) is 6.92 Å². The fraction of sp³-hybridized carbons (Fsp3) is 1.00. The summed E-state index contributed by atoms with van der Waals surface area (Å²) in [5.74, 6) is 0. The first kappa shape index (κ1) is 15.3. The lowest BCUT2D eigenvalue weighted by molar-refractivity contribution is -0.142. The highest BCUT2D eigenvalue weighted by Crippen LogP contribution is 2.51. The van der Waals surface area contributed by atoms with Crippen molar-refractivity contribution in [1.29, 1.82) is 0 Å². The lowest BCUT2D eigenvalue weighted by atomic mass is 9.58. The standard InChI is InChI=1S/C16H31NO2/c1-2-3-10-18-11-12-19-15-13-14(17)16(15)8-6-4-5-7-9-16/h14-15H,2-13,17H2,1H3. The monoisotopic (exact) mass is 269 g/mol. The molecule has 112 valence electrons. The van der Waals surface area contributed by atoms with Crippen molar-refractivity contribution in [3.05, 3.63) is 0 Å². The fourth-order valence-electron chi connectivity index (χ4n) is 3.69. The van der Waals surface area contributed by atoms with Crippen LogP contribution in [0.3, 0.4) is 0 Å². The third-order valence-electron chi connectivity index (χ3n) is 5.07. The maximum atomic E-state index is 6.31. The van der Waals surface area contributed by atoms with Gasteiger partial charge in [-0.2, -0.15) is 0 Å². The van der Waals surface area contributed by atoms with Gasteiger partial charge in [-0.3, -0.25) is 0 Å². The molecule has 2 unspecified atom stereocenters. The van der Waals surface area contributed by atoms with Gasteiger partial charge in [-0.15, -0.1) is 0 Å². The van der Waals surface area contributed by atoms with Gasteiger partial charge in [0.25, 0.3) is 0 Å². The van der Waals surface area contributed by atoms with Crippen molar-refractivity contribution in [3.63, 3.8) is 0 Å². The summed E-state index contributed by atoms with van der Waals surface area (Å²) in [6, 6.07) is 0.372. The van der Waals surface area contributed by atoms with Gasteiger partial charge in [-0.05, 0) is 25.7 Å². The molecule has 0 aliphatic heterocycles. The maximum absolute atomic E-state index is 6.31. The zero-order chi connectivity index (χ0) is 13.6. The lowest BCUT2D eigenvalue weighted by Crippen LogP contribution is -2.62. The Balaban J connectivity index is 1.68. The highest BCUT2D eigenvalue weighted by molar-refractivity contribution is 5.06. The molecule has 2 aliphatic carbocycles. The second kappa shape index (κ2) is 7.61. The number of hydrogen-bond donors (Lipinski definition) is 1. The van der Waals surface area contributed by atoms with Crippen molar-refractivity contribution in [2.45, 2.75) is 76.9 Å². The van der Waals surface area contributed by atoms with Crippen LogP contribution < -0.4 is 5.73 Å². The molecule has 0 aromatic heterocycles. The average molecular weight is 269 g/mol.